The molecule has 0 radical (unpaired) electrons. The minimum Gasteiger partial charge on any atom is -0.333 e. The van der Waals surface area contributed by atoms with E-state index in [4.69, 9.17) is 0 Å². The molecular formula is C17H23NO. The Bertz CT molecular complexity index is 416. The van der Waals surface area contributed by atoms with E-state index in [0.29, 0.717) is 6.04 Å². The Balaban J connectivity index is 1.97. The SMILES string of the molecule is O=CN(C1CCCC1)C1(c2ccccc2)CCCC1. The summed E-state index contributed by atoms with van der Waals surface area (Å²) in [5, 5.41) is 0. The molecule has 1 aromatic carbocycles. The second-order valence-electron chi connectivity index (χ2n) is 6.06. The zero-order chi connectivity index (χ0) is 13.1. The van der Waals surface area contributed by atoms with Gasteiger partial charge in [-0.05, 0) is 31.2 Å². The summed E-state index contributed by atoms with van der Waals surface area (Å²) in [6.07, 6.45) is 10.8. The number of hydrogen-bond acceptors (Lipinski definition) is 1. The number of carbonyl (C=O) groups is 1. The number of hydrogen-bond donors (Lipinski definition) is 0. The van der Waals surface area contributed by atoms with E-state index in [2.05, 4.69) is 35.2 Å². The van der Waals surface area contributed by atoms with Crippen LogP contribution in [0.2, 0.25) is 0 Å². The lowest BCUT2D eigenvalue weighted by Crippen LogP contribution is -2.48. The fourth-order valence-corrected chi connectivity index (χ4v) is 4.12. The molecule has 0 spiro atoms. The smallest absolute Gasteiger partial charge is 0.210 e. The Labute approximate surface area is 115 Å². The summed E-state index contributed by atoms with van der Waals surface area (Å²) < 4.78 is 0. The van der Waals surface area contributed by atoms with Gasteiger partial charge >= 0.3 is 0 Å². The number of rotatable bonds is 4. The predicted octanol–water partition coefficient (Wildman–Crippen LogP) is 3.86. The largest absolute Gasteiger partial charge is 0.333 e. The van der Waals surface area contributed by atoms with Gasteiger partial charge in [-0.3, -0.25) is 4.79 Å². The number of carbonyl (C=O) groups excluding carboxylic acids is 1. The number of nitrogens with zero attached hydrogens (tertiary/aromatic N) is 1. The standard InChI is InChI=1S/C17H23NO/c19-14-18(16-10-4-5-11-16)17(12-6-7-13-17)15-8-2-1-3-9-15/h1-3,8-9,14,16H,4-7,10-13H2. The third-order valence-corrected chi connectivity index (χ3v) is 5.07. The van der Waals surface area contributed by atoms with Crippen molar-refractivity contribution in [2.45, 2.75) is 62.9 Å². The van der Waals surface area contributed by atoms with Crippen molar-refractivity contribution in [3.05, 3.63) is 35.9 Å². The minimum atomic E-state index is -0.0159. The fraction of sp³-hybridized carbons (Fsp3) is 0.588. The van der Waals surface area contributed by atoms with Crippen LogP contribution in [0.25, 0.3) is 0 Å². The van der Waals surface area contributed by atoms with Crippen LogP contribution in [-0.4, -0.2) is 17.4 Å². The topological polar surface area (TPSA) is 20.3 Å². The first-order valence-electron chi connectivity index (χ1n) is 7.66. The van der Waals surface area contributed by atoms with Crippen LogP contribution in [0.15, 0.2) is 30.3 Å². The summed E-state index contributed by atoms with van der Waals surface area (Å²) in [5.41, 5.74) is 1.32. The lowest BCUT2D eigenvalue weighted by atomic mass is 9.85. The molecule has 19 heavy (non-hydrogen) atoms. The normalized spacial score (nSPS) is 22.5. The molecule has 2 fully saturated rings. The monoisotopic (exact) mass is 257 g/mol. The van der Waals surface area contributed by atoms with Crippen LogP contribution in [-0.2, 0) is 10.3 Å². The highest BCUT2D eigenvalue weighted by atomic mass is 16.1. The maximum Gasteiger partial charge on any atom is 0.210 e. The summed E-state index contributed by atoms with van der Waals surface area (Å²) in [4.78, 5) is 14.0. The molecule has 2 aliphatic carbocycles. The number of benzene rings is 1. The van der Waals surface area contributed by atoms with E-state index in [-0.39, 0.29) is 5.54 Å². The molecule has 2 nitrogen and oxygen atoms in total. The van der Waals surface area contributed by atoms with E-state index < -0.39 is 0 Å². The average Bonchev–Trinajstić information content (AvgIpc) is 3.13. The molecule has 0 N–H and O–H groups in total. The van der Waals surface area contributed by atoms with E-state index in [1.807, 2.05) is 0 Å². The van der Waals surface area contributed by atoms with Gasteiger partial charge in [0.15, 0.2) is 0 Å². The second kappa shape index (κ2) is 5.36. The molecule has 0 aliphatic heterocycles. The van der Waals surface area contributed by atoms with Crippen LogP contribution in [0.4, 0.5) is 0 Å². The van der Waals surface area contributed by atoms with Crippen LogP contribution >= 0.6 is 0 Å². The van der Waals surface area contributed by atoms with E-state index in [1.54, 1.807) is 0 Å². The predicted molar refractivity (Wildman–Crippen MR) is 76.7 cm³/mol. The summed E-state index contributed by atoms with van der Waals surface area (Å²) in [6.45, 7) is 0. The molecule has 102 valence electrons. The lowest BCUT2D eigenvalue weighted by molar-refractivity contribution is -0.127. The first-order valence-corrected chi connectivity index (χ1v) is 7.66. The van der Waals surface area contributed by atoms with Gasteiger partial charge in [0.05, 0.1) is 5.54 Å². The second-order valence-corrected chi connectivity index (χ2v) is 6.06. The van der Waals surface area contributed by atoms with Crippen molar-refractivity contribution >= 4 is 6.41 Å². The summed E-state index contributed by atoms with van der Waals surface area (Å²) in [7, 11) is 0. The Hall–Kier alpha value is -1.31. The molecule has 2 saturated carbocycles. The van der Waals surface area contributed by atoms with Crippen molar-refractivity contribution in [3.63, 3.8) is 0 Å². The van der Waals surface area contributed by atoms with E-state index in [1.165, 1.54) is 44.1 Å². The molecule has 0 atom stereocenters. The van der Waals surface area contributed by atoms with Gasteiger partial charge in [-0.2, -0.15) is 0 Å². The maximum absolute atomic E-state index is 11.8. The van der Waals surface area contributed by atoms with Gasteiger partial charge < -0.3 is 4.90 Å². The number of amides is 1. The van der Waals surface area contributed by atoms with Crippen molar-refractivity contribution in [2.24, 2.45) is 0 Å². The molecule has 0 aromatic heterocycles. The maximum atomic E-state index is 11.8. The Morgan fingerprint density at radius 1 is 1.00 bits per heavy atom. The molecule has 2 heteroatoms. The highest BCUT2D eigenvalue weighted by molar-refractivity contribution is 5.52. The quantitative estimate of drug-likeness (QED) is 0.750. The van der Waals surface area contributed by atoms with E-state index in [0.717, 1.165) is 19.3 Å². The molecule has 1 aromatic rings. The van der Waals surface area contributed by atoms with Crippen molar-refractivity contribution in [1.29, 1.82) is 0 Å². The van der Waals surface area contributed by atoms with Gasteiger partial charge in [-0.25, -0.2) is 0 Å². The van der Waals surface area contributed by atoms with E-state index in [9.17, 15) is 4.79 Å². The van der Waals surface area contributed by atoms with Crippen LogP contribution in [0.3, 0.4) is 0 Å². The van der Waals surface area contributed by atoms with Crippen molar-refractivity contribution in [2.75, 3.05) is 0 Å². The van der Waals surface area contributed by atoms with Crippen LogP contribution in [0, 0.1) is 0 Å². The fourth-order valence-electron chi connectivity index (χ4n) is 4.12. The van der Waals surface area contributed by atoms with Gasteiger partial charge in [-0.1, -0.05) is 56.0 Å². The van der Waals surface area contributed by atoms with Gasteiger partial charge in [0.2, 0.25) is 6.41 Å². The first kappa shape index (κ1) is 12.7. The molecule has 0 saturated heterocycles. The van der Waals surface area contributed by atoms with Crippen LogP contribution in [0.5, 0.6) is 0 Å². The third-order valence-electron chi connectivity index (χ3n) is 5.07. The summed E-state index contributed by atoms with van der Waals surface area (Å²) in [6, 6.07) is 11.1. The highest BCUT2D eigenvalue weighted by Crippen LogP contribution is 2.46. The molecular weight excluding hydrogens is 234 g/mol. The van der Waals surface area contributed by atoms with Crippen LogP contribution < -0.4 is 0 Å². The molecule has 1 amide bonds. The van der Waals surface area contributed by atoms with Crippen molar-refractivity contribution in [3.8, 4) is 0 Å². The zero-order valence-electron chi connectivity index (χ0n) is 11.6. The third kappa shape index (κ3) is 2.18. The molecule has 0 bridgehead atoms. The zero-order valence-corrected chi connectivity index (χ0v) is 11.6. The van der Waals surface area contributed by atoms with Crippen molar-refractivity contribution < 1.29 is 4.79 Å². The van der Waals surface area contributed by atoms with Gasteiger partial charge in [0.25, 0.3) is 0 Å². The summed E-state index contributed by atoms with van der Waals surface area (Å²) in [5.74, 6) is 0. The molecule has 3 rings (SSSR count). The van der Waals surface area contributed by atoms with E-state index >= 15 is 0 Å². The van der Waals surface area contributed by atoms with Gasteiger partial charge in [0, 0.05) is 6.04 Å². The first-order chi connectivity index (χ1) is 9.37. The lowest BCUT2D eigenvalue weighted by Gasteiger charge is -2.43. The molecule has 0 heterocycles. The Morgan fingerprint density at radius 3 is 2.21 bits per heavy atom. The Morgan fingerprint density at radius 2 is 1.63 bits per heavy atom. The van der Waals surface area contributed by atoms with Gasteiger partial charge in [-0.15, -0.1) is 0 Å². The minimum absolute atomic E-state index is 0.0159. The molecule has 0 unspecified atom stereocenters. The van der Waals surface area contributed by atoms with Crippen molar-refractivity contribution in [1.82, 2.24) is 4.90 Å². The van der Waals surface area contributed by atoms with Gasteiger partial charge in [0.1, 0.15) is 0 Å². The average molecular weight is 257 g/mol. The highest BCUT2D eigenvalue weighted by Gasteiger charge is 2.43. The van der Waals surface area contributed by atoms with Crippen LogP contribution in [0.1, 0.15) is 56.9 Å². The molecule has 2 aliphatic rings. The Kier molecular flexibility index (Phi) is 3.58. The summed E-state index contributed by atoms with van der Waals surface area (Å²) >= 11 is 0.